The number of benzene rings is 1. The third-order valence-corrected chi connectivity index (χ3v) is 3.67. The van der Waals surface area contributed by atoms with E-state index in [1.54, 1.807) is 30.3 Å². The topological polar surface area (TPSA) is 107 Å². The van der Waals surface area contributed by atoms with Gasteiger partial charge in [0.25, 0.3) is 5.91 Å². The summed E-state index contributed by atoms with van der Waals surface area (Å²) in [6.07, 6.45) is 3.98. The maximum absolute atomic E-state index is 12.4. The second-order valence-electron chi connectivity index (χ2n) is 5.43. The number of carbonyl (C=O) groups is 2. The Balaban J connectivity index is 2.17. The molecule has 1 unspecified atom stereocenters. The van der Waals surface area contributed by atoms with Crippen molar-refractivity contribution in [1.29, 1.82) is 0 Å². The molecule has 0 fully saturated rings. The average Bonchev–Trinajstić information content (AvgIpc) is 2.65. The summed E-state index contributed by atoms with van der Waals surface area (Å²) in [6, 6.07) is 7.87. The summed E-state index contributed by atoms with van der Waals surface area (Å²) < 4.78 is 5.77. The number of allylic oxidation sites excluding steroid dienone is 1. The van der Waals surface area contributed by atoms with E-state index in [0.29, 0.717) is 11.3 Å². The lowest BCUT2D eigenvalue weighted by atomic mass is 10.1. The fraction of sp³-hybridized carbons (Fsp3) is 0.158. The number of aromatic nitrogens is 2. The van der Waals surface area contributed by atoms with Crippen LogP contribution in [0.3, 0.4) is 0 Å². The van der Waals surface area contributed by atoms with Crippen LogP contribution in [0, 0.1) is 0 Å². The quantitative estimate of drug-likeness (QED) is 0.586. The summed E-state index contributed by atoms with van der Waals surface area (Å²) in [5, 5.41) is 10.3. The molecule has 0 aliphatic rings. The van der Waals surface area contributed by atoms with E-state index in [1.165, 1.54) is 6.07 Å². The molecule has 26 heavy (non-hydrogen) atoms. The predicted octanol–water partition coefficient (Wildman–Crippen LogP) is 3.02. The van der Waals surface area contributed by atoms with Gasteiger partial charge in [-0.25, -0.2) is 0 Å². The molecule has 0 aliphatic carbocycles. The van der Waals surface area contributed by atoms with Gasteiger partial charge < -0.3 is 15.8 Å². The van der Waals surface area contributed by atoms with Crippen molar-refractivity contribution in [3.8, 4) is 5.75 Å². The lowest BCUT2D eigenvalue weighted by molar-refractivity contribution is 0.102. The van der Waals surface area contributed by atoms with Gasteiger partial charge in [-0.3, -0.25) is 9.59 Å². The van der Waals surface area contributed by atoms with Crippen molar-refractivity contribution >= 4 is 23.7 Å². The van der Waals surface area contributed by atoms with Crippen LogP contribution in [0.4, 0.5) is 11.5 Å². The zero-order valence-corrected chi connectivity index (χ0v) is 14.6. The van der Waals surface area contributed by atoms with Gasteiger partial charge in [-0.1, -0.05) is 18.7 Å². The molecular weight excluding hydrogens is 332 g/mol. The summed E-state index contributed by atoms with van der Waals surface area (Å²) in [4.78, 5) is 23.0. The lowest BCUT2D eigenvalue weighted by Gasteiger charge is -2.16. The van der Waals surface area contributed by atoms with E-state index in [0.717, 1.165) is 11.9 Å². The van der Waals surface area contributed by atoms with Crippen LogP contribution < -0.4 is 15.8 Å². The summed E-state index contributed by atoms with van der Waals surface area (Å²) in [5.41, 5.74) is 7.77. The minimum absolute atomic E-state index is 0.0569. The highest BCUT2D eigenvalue weighted by atomic mass is 16.5. The first kappa shape index (κ1) is 18.9. The van der Waals surface area contributed by atoms with E-state index in [9.17, 15) is 9.59 Å². The van der Waals surface area contributed by atoms with Crippen molar-refractivity contribution in [1.82, 2.24) is 10.2 Å². The van der Waals surface area contributed by atoms with Gasteiger partial charge in [0.15, 0.2) is 17.3 Å². The summed E-state index contributed by atoms with van der Waals surface area (Å²) in [6.45, 7) is 7.44. The monoisotopic (exact) mass is 352 g/mol. The molecule has 2 rings (SSSR count). The second-order valence-corrected chi connectivity index (χ2v) is 5.43. The molecule has 2 aromatic rings. The van der Waals surface area contributed by atoms with Crippen molar-refractivity contribution in [2.75, 3.05) is 11.1 Å². The van der Waals surface area contributed by atoms with Crippen LogP contribution in [0.1, 0.15) is 34.7 Å². The Morgan fingerprint density at radius 1 is 1.31 bits per heavy atom. The molecule has 0 aliphatic heterocycles. The van der Waals surface area contributed by atoms with Gasteiger partial charge in [0, 0.05) is 17.3 Å². The molecule has 1 amide bonds. The Morgan fingerprint density at radius 2 is 2.00 bits per heavy atom. The largest absolute Gasteiger partial charge is 0.482 e. The van der Waals surface area contributed by atoms with Gasteiger partial charge in [-0.2, -0.15) is 0 Å². The fourth-order valence-corrected chi connectivity index (χ4v) is 2.21. The molecule has 1 heterocycles. The van der Waals surface area contributed by atoms with Crippen molar-refractivity contribution in [2.24, 2.45) is 0 Å². The third-order valence-electron chi connectivity index (χ3n) is 3.67. The lowest BCUT2D eigenvalue weighted by Crippen LogP contribution is -2.18. The Hall–Kier alpha value is -3.48. The number of hydrogen-bond donors (Lipinski definition) is 2. The molecule has 7 nitrogen and oxygen atoms in total. The number of nitrogens with two attached hydrogens (primary N) is 1. The van der Waals surface area contributed by atoms with E-state index in [4.69, 9.17) is 10.5 Å². The summed E-state index contributed by atoms with van der Waals surface area (Å²) in [5.74, 6) is -0.123. The molecule has 0 radical (unpaired) electrons. The van der Waals surface area contributed by atoms with E-state index in [2.05, 4.69) is 22.1 Å². The number of nitrogen functional groups attached to an aromatic ring is 1. The van der Waals surface area contributed by atoms with Gasteiger partial charge in [0.05, 0.1) is 0 Å². The molecular formula is C19H20N4O3. The Morgan fingerprint density at radius 3 is 2.58 bits per heavy atom. The molecule has 3 N–H and O–H groups in total. The highest BCUT2D eigenvalue weighted by Gasteiger charge is 2.15. The number of hydrogen-bond acceptors (Lipinski definition) is 6. The Labute approximate surface area is 151 Å². The second kappa shape index (κ2) is 8.57. The SMILES string of the molecule is C=C/C(=C\C)C(C)Oc1cc(C(=O)Nc2ccc(C=O)cc2)nnc1N. The maximum Gasteiger partial charge on any atom is 0.276 e. The number of anilines is 2. The van der Waals surface area contributed by atoms with Gasteiger partial charge in [0.1, 0.15) is 12.4 Å². The molecule has 7 heteroatoms. The molecule has 134 valence electrons. The van der Waals surface area contributed by atoms with E-state index in [1.807, 2.05) is 19.9 Å². The van der Waals surface area contributed by atoms with Gasteiger partial charge in [-0.05, 0) is 43.7 Å². The molecule has 0 saturated carbocycles. The Kier molecular flexibility index (Phi) is 6.21. The average molecular weight is 352 g/mol. The number of carbonyl (C=O) groups excluding carboxylic acids is 2. The molecule has 1 aromatic heterocycles. The molecule has 1 atom stereocenters. The maximum atomic E-state index is 12.4. The van der Waals surface area contributed by atoms with Crippen molar-refractivity contribution in [2.45, 2.75) is 20.0 Å². The normalized spacial score (nSPS) is 12.2. The highest BCUT2D eigenvalue weighted by Crippen LogP contribution is 2.23. The van der Waals surface area contributed by atoms with Crippen LogP contribution in [-0.2, 0) is 0 Å². The molecule has 1 aromatic carbocycles. The smallest absolute Gasteiger partial charge is 0.276 e. The zero-order chi connectivity index (χ0) is 19.1. The van der Waals surface area contributed by atoms with Crippen molar-refractivity contribution < 1.29 is 14.3 Å². The first-order valence-corrected chi connectivity index (χ1v) is 7.93. The van der Waals surface area contributed by atoms with Crippen LogP contribution in [0.2, 0.25) is 0 Å². The van der Waals surface area contributed by atoms with Gasteiger partial charge >= 0.3 is 0 Å². The number of amides is 1. The number of ether oxygens (including phenoxy) is 1. The first-order chi connectivity index (χ1) is 12.5. The van der Waals surface area contributed by atoms with Crippen LogP contribution in [0.25, 0.3) is 0 Å². The number of rotatable bonds is 7. The third kappa shape index (κ3) is 4.54. The zero-order valence-electron chi connectivity index (χ0n) is 14.6. The molecule has 0 saturated heterocycles. The van der Waals surface area contributed by atoms with Gasteiger partial charge in [0.2, 0.25) is 0 Å². The molecule has 0 bridgehead atoms. The Bertz CT molecular complexity index is 844. The van der Waals surface area contributed by atoms with E-state index in [-0.39, 0.29) is 23.4 Å². The predicted molar refractivity (Wildman–Crippen MR) is 100 cm³/mol. The van der Waals surface area contributed by atoms with E-state index < -0.39 is 5.91 Å². The van der Waals surface area contributed by atoms with Crippen LogP contribution in [0.5, 0.6) is 5.75 Å². The van der Waals surface area contributed by atoms with Gasteiger partial charge in [-0.15, -0.1) is 10.2 Å². The first-order valence-electron chi connectivity index (χ1n) is 7.93. The van der Waals surface area contributed by atoms with Crippen LogP contribution in [0.15, 0.2) is 54.6 Å². The number of nitrogens with zero attached hydrogens (tertiary/aromatic N) is 2. The number of nitrogens with one attached hydrogen (secondary N) is 1. The highest BCUT2D eigenvalue weighted by molar-refractivity contribution is 6.03. The van der Waals surface area contributed by atoms with Crippen LogP contribution in [-0.4, -0.2) is 28.5 Å². The summed E-state index contributed by atoms with van der Waals surface area (Å²) in [7, 11) is 0. The van der Waals surface area contributed by atoms with Crippen molar-refractivity contribution in [3.05, 3.63) is 65.9 Å². The molecule has 0 spiro atoms. The minimum Gasteiger partial charge on any atom is -0.482 e. The van der Waals surface area contributed by atoms with Crippen molar-refractivity contribution in [3.63, 3.8) is 0 Å². The van der Waals surface area contributed by atoms with Crippen LogP contribution >= 0.6 is 0 Å². The standard InChI is InChI=1S/C19H20N4O3/c1-4-14(5-2)12(3)26-17-10-16(22-23-18(17)20)19(25)21-15-8-6-13(11-24)7-9-15/h4-12H,1H2,2-3H3,(H2,20,23)(H,21,25)/b14-5+. The number of aldehydes is 1. The van der Waals surface area contributed by atoms with E-state index >= 15 is 0 Å². The fourth-order valence-electron chi connectivity index (χ4n) is 2.21. The minimum atomic E-state index is -0.469. The summed E-state index contributed by atoms with van der Waals surface area (Å²) >= 11 is 0.